The van der Waals surface area contributed by atoms with Crippen LogP contribution in [0.15, 0.2) is 41.2 Å². The number of nitrogens with zero attached hydrogens (tertiary/aromatic N) is 3. The molecule has 0 aliphatic heterocycles. The highest BCUT2D eigenvalue weighted by molar-refractivity contribution is 5.89. The normalized spacial score (nSPS) is 11.2. The number of aryl methyl sites for hydroxylation is 1. The summed E-state index contributed by atoms with van der Waals surface area (Å²) >= 11 is 0. The SMILES string of the molecule is COC(=O)c1cncc(COC(=O)NCc2ccc(-c3noc(C(F)(F)F)n3)cc2C)c1. The minimum Gasteiger partial charge on any atom is -0.465 e. The van der Waals surface area contributed by atoms with Gasteiger partial charge in [-0.15, -0.1) is 0 Å². The second-order valence-electron chi connectivity index (χ2n) is 6.57. The van der Waals surface area contributed by atoms with E-state index < -0.39 is 24.1 Å². The van der Waals surface area contributed by atoms with Crippen LogP contribution in [-0.2, 0) is 28.8 Å². The number of alkyl carbamates (subject to hydrolysis) is 1. The summed E-state index contributed by atoms with van der Waals surface area (Å²) in [6.45, 7) is 1.73. The minimum atomic E-state index is -4.72. The first-order chi connectivity index (χ1) is 15.2. The molecule has 32 heavy (non-hydrogen) atoms. The van der Waals surface area contributed by atoms with Crippen LogP contribution >= 0.6 is 0 Å². The quantitative estimate of drug-likeness (QED) is 0.566. The van der Waals surface area contributed by atoms with Crippen molar-refractivity contribution in [2.24, 2.45) is 0 Å². The Bertz CT molecular complexity index is 1130. The summed E-state index contributed by atoms with van der Waals surface area (Å²) in [6.07, 6.45) is -2.64. The highest BCUT2D eigenvalue weighted by Crippen LogP contribution is 2.29. The van der Waals surface area contributed by atoms with E-state index in [-0.39, 0.29) is 24.5 Å². The number of nitrogens with one attached hydrogen (secondary N) is 1. The zero-order valence-corrected chi connectivity index (χ0v) is 16.9. The number of esters is 1. The summed E-state index contributed by atoms with van der Waals surface area (Å²) in [4.78, 5) is 30.7. The second kappa shape index (κ2) is 9.45. The van der Waals surface area contributed by atoms with Crippen LogP contribution in [0, 0.1) is 6.92 Å². The molecule has 0 saturated carbocycles. The molecule has 1 aromatic carbocycles. The van der Waals surface area contributed by atoms with Gasteiger partial charge in [-0.05, 0) is 30.2 Å². The standard InChI is InChI=1S/C20H17F3N4O5/c1-11-5-13(16-26-18(32-27-16)20(21,22)23)3-4-14(11)9-25-19(29)31-10-12-6-15(8-24-7-12)17(28)30-2/h3-8H,9-10H2,1-2H3,(H,25,29). The van der Waals surface area contributed by atoms with E-state index >= 15 is 0 Å². The average molecular weight is 450 g/mol. The molecule has 12 heteroatoms. The lowest BCUT2D eigenvalue weighted by Gasteiger charge is -2.10. The van der Waals surface area contributed by atoms with Crippen molar-refractivity contribution in [3.8, 4) is 11.4 Å². The van der Waals surface area contributed by atoms with Crippen LogP contribution in [0.1, 0.15) is 32.9 Å². The maximum Gasteiger partial charge on any atom is 0.471 e. The summed E-state index contributed by atoms with van der Waals surface area (Å²) in [6, 6.07) is 6.22. The lowest BCUT2D eigenvalue weighted by molar-refractivity contribution is -0.159. The predicted octanol–water partition coefficient (Wildman–Crippen LogP) is 3.67. The molecule has 0 bridgehead atoms. The van der Waals surface area contributed by atoms with Crippen molar-refractivity contribution in [2.45, 2.75) is 26.3 Å². The van der Waals surface area contributed by atoms with Crippen molar-refractivity contribution in [3.05, 3.63) is 64.8 Å². The van der Waals surface area contributed by atoms with Crippen molar-refractivity contribution < 1.29 is 36.8 Å². The van der Waals surface area contributed by atoms with Crippen LogP contribution in [0.2, 0.25) is 0 Å². The molecule has 0 aliphatic carbocycles. The number of ether oxygens (including phenoxy) is 2. The van der Waals surface area contributed by atoms with Gasteiger partial charge in [-0.3, -0.25) is 4.98 Å². The van der Waals surface area contributed by atoms with Gasteiger partial charge in [0.15, 0.2) is 0 Å². The molecule has 1 amide bonds. The third kappa shape index (κ3) is 5.59. The highest BCUT2D eigenvalue weighted by atomic mass is 19.4. The summed E-state index contributed by atoms with van der Waals surface area (Å²) in [5.41, 5.74) is 2.47. The number of halogens is 3. The predicted molar refractivity (Wildman–Crippen MR) is 102 cm³/mol. The monoisotopic (exact) mass is 450 g/mol. The highest BCUT2D eigenvalue weighted by Gasteiger charge is 2.38. The van der Waals surface area contributed by atoms with E-state index in [0.717, 1.165) is 0 Å². The zero-order chi connectivity index (χ0) is 23.3. The van der Waals surface area contributed by atoms with Gasteiger partial charge in [0.05, 0.1) is 12.7 Å². The van der Waals surface area contributed by atoms with E-state index in [2.05, 4.69) is 29.7 Å². The van der Waals surface area contributed by atoms with E-state index in [9.17, 15) is 22.8 Å². The van der Waals surface area contributed by atoms with E-state index in [1.165, 1.54) is 31.6 Å². The third-order valence-electron chi connectivity index (χ3n) is 4.28. The number of amides is 1. The molecule has 3 rings (SSSR count). The van der Waals surface area contributed by atoms with E-state index in [0.29, 0.717) is 22.3 Å². The number of rotatable bonds is 6. The van der Waals surface area contributed by atoms with Crippen molar-refractivity contribution in [1.29, 1.82) is 0 Å². The maximum atomic E-state index is 12.6. The first-order valence-electron chi connectivity index (χ1n) is 9.11. The smallest absolute Gasteiger partial charge is 0.465 e. The van der Waals surface area contributed by atoms with Crippen LogP contribution < -0.4 is 5.32 Å². The Morgan fingerprint density at radius 2 is 1.97 bits per heavy atom. The Hall–Kier alpha value is -3.96. The molecule has 0 aliphatic rings. The lowest BCUT2D eigenvalue weighted by atomic mass is 10.0. The number of carbonyl (C=O) groups is 2. The number of benzene rings is 1. The molecule has 168 valence electrons. The van der Waals surface area contributed by atoms with Crippen LogP contribution in [0.4, 0.5) is 18.0 Å². The molecule has 0 atom stereocenters. The maximum absolute atomic E-state index is 12.6. The largest absolute Gasteiger partial charge is 0.471 e. The topological polar surface area (TPSA) is 116 Å². The van der Waals surface area contributed by atoms with Gasteiger partial charge in [0, 0.05) is 30.1 Å². The van der Waals surface area contributed by atoms with Crippen LogP contribution in [-0.4, -0.2) is 34.3 Å². The second-order valence-corrected chi connectivity index (χ2v) is 6.57. The van der Waals surface area contributed by atoms with Crippen LogP contribution in [0.3, 0.4) is 0 Å². The third-order valence-corrected chi connectivity index (χ3v) is 4.28. The van der Waals surface area contributed by atoms with Crippen molar-refractivity contribution in [3.63, 3.8) is 0 Å². The van der Waals surface area contributed by atoms with Crippen LogP contribution in [0.25, 0.3) is 11.4 Å². The summed E-state index contributed by atoms with van der Waals surface area (Å²) in [5.74, 6) is -2.17. The van der Waals surface area contributed by atoms with Crippen LogP contribution in [0.5, 0.6) is 0 Å². The Morgan fingerprint density at radius 3 is 2.62 bits per heavy atom. The van der Waals surface area contributed by atoms with E-state index in [1.54, 1.807) is 19.1 Å². The van der Waals surface area contributed by atoms with Gasteiger partial charge in [-0.25, -0.2) is 9.59 Å². The number of alkyl halides is 3. The van der Waals surface area contributed by atoms with Crippen molar-refractivity contribution in [1.82, 2.24) is 20.4 Å². The lowest BCUT2D eigenvalue weighted by Crippen LogP contribution is -2.24. The summed E-state index contributed by atoms with van der Waals surface area (Å²) < 4.78 is 51.8. The van der Waals surface area contributed by atoms with E-state index in [4.69, 9.17) is 4.74 Å². The number of pyridine rings is 1. The van der Waals surface area contributed by atoms with Crippen molar-refractivity contribution in [2.75, 3.05) is 7.11 Å². The molecule has 2 heterocycles. The molecule has 0 radical (unpaired) electrons. The number of carbonyl (C=O) groups excluding carboxylic acids is 2. The Labute approximate surface area is 179 Å². The van der Waals surface area contributed by atoms with Gasteiger partial charge in [-0.1, -0.05) is 17.3 Å². The fourth-order valence-electron chi connectivity index (χ4n) is 2.65. The Balaban J connectivity index is 1.56. The molecular weight excluding hydrogens is 433 g/mol. The zero-order valence-electron chi connectivity index (χ0n) is 16.9. The van der Waals surface area contributed by atoms with Gasteiger partial charge in [0.2, 0.25) is 5.82 Å². The average Bonchev–Trinajstić information content (AvgIpc) is 3.27. The molecule has 0 fully saturated rings. The molecule has 1 N–H and O–H groups in total. The van der Waals surface area contributed by atoms with Gasteiger partial charge in [0.25, 0.3) is 0 Å². The molecule has 0 saturated heterocycles. The molecular formula is C20H17F3N4O5. The number of methoxy groups -OCH3 is 1. The van der Waals surface area contributed by atoms with E-state index in [1.807, 2.05) is 0 Å². The molecule has 9 nitrogen and oxygen atoms in total. The Morgan fingerprint density at radius 1 is 1.19 bits per heavy atom. The molecule has 0 unspecified atom stereocenters. The number of hydrogen-bond donors (Lipinski definition) is 1. The van der Waals surface area contributed by atoms with Gasteiger partial charge < -0.3 is 19.3 Å². The molecule has 0 spiro atoms. The Kier molecular flexibility index (Phi) is 6.71. The summed E-state index contributed by atoms with van der Waals surface area (Å²) in [5, 5.41) is 5.91. The number of aromatic nitrogens is 3. The fourth-order valence-corrected chi connectivity index (χ4v) is 2.65. The molecule has 2 aromatic heterocycles. The first-order valence-corrected chi connectivity index (χ1v) is 9.11. The first kappa shape index (κ1) is 22.7. The molecule has 3 aromatic rings. The number of hydrogen-bond acceptors (Lipinski definition) is 8. The van der Waals surface area contributed by atoms with Gasteiger partial charge in [-0.2, -0.15) is 18.2 Å². The summed E-state index contributed by atoms with van der Waals surface area (Å²) in [7, 11) is 1.25. The fraction of sp³-hybridized carbons (Fsp3) is 0.250. The minimum absolute atomic E-state index is 0.110. The van der Waals surface area contributed by atoms with Gasteiger partial charge in [0.1, 0.15) is 6.61 Å². The van der Waals surface area contributed by atoms with Crippen molar-refractivity contribution >= 4 is 12.1 Å². The van der Waals surface area contributed by atoms with Gasteiger partial charge >= 0.3 is 24.1 Å².